The second-order valence-electron chi connectivity index (χ2n) is 5.62. The minimum Gasteiger partial charge on any atom is -0.394 e. The van der Waals surface area contributed by atoms with Crippen LogP contribution in [0.1, 0.15) is 23.8 Å². The van der Waals surface area contributed by atoms with Gasteiger partial charge in [-0.25, -0.2) is 4.79 Å². The van der Waals surface area contributed by atoms with Gasteiger partial charge in [0.25, 0.3) is 0 Å². The number of aromatic nitrogens is 2. The number of ether oxygens (including phenoxy) is 1. The van der Waals surface area contributed by atoms with E-state index in [2.05, 4.69) is 4.98 Å². The van der Waals surface area contributed by atoms with Gasteiger partial charge in [-0.2, -0.15) is 4.98 Å². The average molecular weight is 317 g/mol. The number of nitrogen functional groups attached to an aromatic ring is 1. The van der Waals surface area contributed by atoms with E-state index < -0.39 is 24.1 Å². The van der Waals surface area contributed by atoms with Gasteiger partial charge in [-0.05, 0) is 5.56 Å². The quantitative estimate of drug-likeness (QED) is 0.735. The van der Waals surface area contributed by atoms with Gasteiger partial charge in [-0.1, -0.05) is 30.3 Å². The third-order valence-electron chi connectivity index (χ3n) is 3.99. The molecule has 1 aromatic heterocycles. The summed E-state index contributed by atoms with van der Waals surface area (Å²) < 4.78 is 6.84. The van der Waals surface area contributed by atoms with Crippen LogP contribution in [0.2, 0.25) is 0 Å². The molecule has 0 radical (unpaired) electrons. The van der Waals surface area contributed by atoms with Gasteiger partial charge in [0.15, 0.2) is 0 Å². The van der Waals surface area contributed by atoms with E-state index in [1.165, 1.54) is 4.57 Å². The zero-order valence-corrected chi connectivity index (χ0v) is 12.5. The number of rotatable bonds is 4. The molecule has 1 aliphatic rings. The van der Waals surface area contributed by atoms with Crippen LogP contribution in [-0.4, -0.2) is 38.6 Å². The number of hydrogen-bond acceptors (Lipinski definition) is 6. The van der Waals surface area contributed by atoms with Crippen molar-refractivity contribution in [3.63, 3.8) is 0 Å². The Labute approximate surface area is 133 Å². The molecule has 0 amide bonds. The Morgan fingerprint density at radius 2 is 2.09 bits per heavy atom. The Kier molecular flexibility index (Phi) is 4.42. The number of nitrogens with two attached hydrogens (primary N) is 1. The molecule has 7 nitrogen and oxygen atoms in total. The van der Waals surface area contributed by atoms with Crippen molar-refractivity contribution in [2.45, 2.75) is 31.3 Å². The van der Waals surface area contributed by atoms with Crippen LogP contribution >= 0.6 is 0 Å². The smallest absolute Gasteiger partial charge is 0.351 e. The SMILES string of the molecule is Nc1nc(=O)n([C@H]2C[C@@H](O)[C@H](CO)O2)cc1Cc1ccccc1. The van der Waals surface area contributed by atoms with Gasteiger partial charge >= 0.3 is 5.69 Å². The van der Waals surface area contributed by atoms with Crippen LogP contribution in [0.15, 0.2) is 41.3 Å². The zero-order chi connectivity index (χ0) is 16.4. The van der Waals surface area contributed by atoms with Gasteiger partial charge in [0.1, 0.15) is 18.1 Å². The lowest BCUT2D eigenvalue weighted by atomic mass is 10.1. The molecule has 0 bridgehead atoms. The molecule has 0 unspecified atom stereocenters. The van der Waals surface area contributed by atoms with Crippen molar-refractivity contribution in [2.75, 3.05) is 12.3 Å². The third-order valence-corrected chi connectivity index (χ3v) is 3.99. The van der Waals surface area contributed by atoms with Crippen LogP contribution in [0.5, 0.6) is 0 Å². The first-order valence-electron chi connectivity index (χ1n) is 7.44. The number of benzene rings is 1. The fraction of sp³-hybridized carbons (Fsp3) is 0.375. The maximum absolute atomic E-state index is 12.1. The molecule has 2 aromatic rings. The van der Waals surface area contributed by atoms with Gasteiger partial charge in [0, 0.05) is 24.6 Å². The Morgan fingerprint density at radius 3 is 2.74 bits per heavy atom. The van der Waals surface area contributed by atoms with Crippen LogP contribution in [0.4, 0.5) is 5.82 Å². The normalized spacial score (nSPS) is 24.0. The van der Waals surface area contributed by atoms with E-state index in [0.29, 0.717) is 12.0 Å². The summed E-state index contributed by atoms with van der Waals surface area (Å²) in [6.07, 6.45) is 0.223. The van der Waals surface area contributed by atoms with Crippen molar-refractivity contribution in [1.29, 1.82) is 0 Å². The van der Waals surface area contributed by atoms with Gasteiger partial charge in [-0.15, -0.1) is 0 Å². The van der Waals surface area contributed by atoms with E-state index in [1.807, 2.05) is 30.3 Å². The maximum Gasteiger partial charge on any atom is 0.351 e. The van der Waals surface area contributed by atoms with Crippen molar-refractivity contribution in [3.8, 4) is 0 Å². The molecule has 1 saturated heterocycles. The monoisotopic (exact) mass is 317 g/mol. The van der Waals surface area contributed by atoms with Gasteiger partial charge < -0.3 is 20.7 Å². The minimum atomic E-state index is -0.813. The first-order chi connectivity index (χ1) is 11.1. The van der Waals surface area contributed by atoms with Crippen LogP contribution in [-0.2, 0) is 11.2 Å². The Morgan fingerprint density at radius 1 is 1.35 bits per heavy atom. The molecule has 0 saturated carbocycles. The van der Waals surface area contributed by atoms with Crippen molar-refractivity contribution in [1.82, 2.24) is 9.55 Å². The van der Waals surface area contributed by atoms with E-state index >= 15 is 0 Å². The summed E-state index contributed by atoms with van der Waals surface area (Å²) >= 11 is 0. The van der Waals surface area contributed by atoms with Crippen molar-refractivity contribution < 1.29 is 14.9 Å². The maximum atomic E-state index is 12.1. The lowest BCUT2D eigenvalue weighted by Crippen LogP contribution is -2.29. The first-order valence-corrected chi connectivity index (χ1v) is 7.44. The lowest BCUT2D eigenvalue weighted by Gasteiger charge is -2.16. The van der Waals surface area contributed by atoms with Gasteiger partial charge in [0.2, 0.25) is 0 Å². The van der Waals surface area contributed by atoms with Crippen molar-refractivity contribution >= 4 is 5.82 Å². The van der Waals surface area contributed by atoms with Crippen LogP contribution in [0.3, 0.4) is 0 Å². The van der Waals surface area contributed by atoms with Crippen LogP contribution in [0, 0.1) is 0 Å². The lowest BCUT2D eigenvalue weighted by molar-refractivity contribution is -0.0459. The molecule has 23 heavy (non-hydrogen) atoms. The van der Waals surface area contributed by atoms with E-state index in [4.69, 9.17) is 15.6 Å². The molecule has 1 aliphatic heterocycles. The Bertz CT molecular complexity index is 732. The Balaban J connectivity index is 1.90. The topological polar surface area (TPSA) is 111 Å². The molecule has 3 atom stereocenters. The number of nitrogens with zero attached hydrogens (tertiary/aromatic N) is 2. The molecular weight excluding hydrogens is 298 g/mol. The molecule has 4 N–H and O–H groups in total. The summed E-state index contributed by atoms with van der Waals surface area (Å²) in [6, 6.07) is 9.71. The molecule has 0 spiro atoms. The fourth-order valence-corrected chi connectivity index (χ4v) is 2.73. The number of aliphatic hydroxyl groups excluding tert-OH is 2. The van der Waals surface area contributed by atoms with Gasteiger partial charge in [0.05, 0.1) is 12.7 Å². The third kappa shape index (κ3) is 3.26. The Hall–Kier alpha value is -2.22. The summed E-state index contributed by atoms with van der Waals surface area (Å²) in [5.41, 5.74) is 7.09. The highest BCUT2D eigenvalue weighted by atomic mass is 16.5. The standard InChI is InChI=1S/C16H19N3O4/c17-15-11(6-10-4-2-1-3-5-10)8-19(16(22)18-15)14-7-12(21)13(9-20)23-14/h1-5,8,12-14,20-21H,6-7,9H2,(H2,17,18,22)/t12-,13+,14-/m1/s1. The number of aliphatic hydroxyl groups is 2. The molecule has 0 aliphatic carbocycles. The van der Waals surface area contributed by atoms with Crippen molar-refractivity contribution in [2.24, 2.45) is 0 Å². The van der Waals surface area contributed by atoms with Gasteiger partial charge in [-0.3, -0.25) is 4.57 Å². The van der Waals surface area contributed by atoms with Crippen molar-refractivity contribution in [3.05, 3.63) is 58.1 Å². The molecule has 2 heterocycles. The molecule has 3 rings (SSSR count). The number of hydrogen-bond donors (Lipinski definition) is 3. The summed E-state index contributed by atoms with van der Waals surface area (Å²) in [5.74, 6) is 0.187. The van der Waals surface area contributed by atoms with E-state index in [-0.39, 0.29) is 18.8 Å². The summed E-state index contributed by atoms with van der Waals surface area (Å²) in [6.45, 7) is -0.300. The zero-order valence-electron chi connectivity index (χ0n) is 12.5. The second kappa shape index (κ2) is 6.49. The molecule has 122 valence electrons. The summed E-state index contributed by atoms with van der Waals surface area (Å²) in [7, 11) is 0. The molecule has 1 aromatic carbocycles. The molecule has 7 heteroatoms. The predicted octanol–water partition coefficient (Wildman–Crippen LogP) is 0.0570. The van der Waals surface area contributed by atoms with E-state index in [1.54, 1.807) is 6.20 Å². The highest BCUT2D eigenvalue weighted by molar-refractivity contribution is 5.40. The number of anilines is 1. The fourth-order valence-electron chi connectivity index (χ4n) is 2.73. The average Bonchev–Trinajstić information content (AvgIpc) is 2.91. The largest absolute Gasteiger partial charge is 0.394 e. The predicted molar refractivity (Wildman–Crippen MR) is 83.8 cm³/mol. The van der Waals surface area contributed by atoms with E-state index in [0.717, 1.165) is 5.56 Å². The molecule has 1 fully saturated rings. The summed E-state index contributed by atoms with van der Waals surface area (Å²) in [5, 5.41) is 19.0. The first kappa shape index (κ1) is 15.7. The highest BCUT2D eigenvalue weighted by Gasteiger charge is 2.35. The van der Waals surface area contributed by atoms with Crippen LogP contribution < -0.4 is 11.4 Å². The second-order valence-corrected chi connectivity index (χ2v) is 5.62. The highest BCUT2D eigenvalue weighted by Crippen LogP contribution is 2.28. The summed E-state index contributed by atoms with van der Waals surface area (Å²) in [4.78, 5) is 15.9. The minimum absolute atomic E-state index is 0.187. The van der Waals surface area contributed by atoms with E-state index in [9.17, 15) is 9.90 Å². The van der Waals surface area contributed by atoms with Crippen LogP contribution in [0.25, 0.3) is 0 Å². The molecular formula is C16H19N3O4.